The van der Waals surface area contributed by atoms with Gasteiger partial charge in [0, 0.05) is 12.0 Å². The van der Waals surface area contributed by atoms with Gasteiger partial charge >= 0.3 is 0 Å². The van der Waals surface area contributed by atoms with Crippen molar-refractivity contribution in [3.05, 3.63) is 108 Å². The smallest absolute Gasteiger partial charge is 0.265 e. The van der Waals surface area contributed by atoms with E-state index in [9.17, 15) is 4.79 Å². The van der Waals surface area contributed by atoms with Crippen molar-refractivity contribution in [3.8, 4) is 23.0 Å². The second-order valence-corrected chi connectivity index (χ2v) is 7.89. The average Bonchev–Trinajstić information content (AvgIpc) is 3.24. The van der Waals surface area contributed by atoms with Crippen molar-refractivity contribution in [1.29, 1.82) is 0 Å². The maximum atomic E-state index is 12.2. The van der Waals surface area contributed by atoms with Gasteiger partial charge in [-0.1, -0.05) is 60.2 Å². The molecule has 1 aromatic heterocycles. The number of allylic oxidation sites excluding steroid dienone is 1. The maximum absolute atomic E-state index is 12.2. The molecule has 0 saturated carbocycles. The highest BCUT2D eigenvalue weighted by Crippen LogP contribution is 2.22. The lowest BCUT2D eigenvalue weighted by Crippen LogP contribution is -2.17. The first kappa shape index (κ1) is 23.1. The third-order valence-corrected chi connectivity index (χ3v) is 5.39. The summed E-state index contributed by atoms with van der Waals surface area (Å²) in [5, 5.41) is 0. The molecule has 0 fully saturated rings. The Morgan fingerprint density at radius 3 is 2.53 bits per heavy atom. The van der Waals surface area contributed by atoms with Crippen molar-refractivity contribution in [2.24, 2.45) is 0 Å². The third-order valence-electron chi connectivity index (χ3n) is 5.39. The Labute approximate surface area is 200 Å². The fourth-order valence-corrected chi connectivity index (χ4v) is 3.55. The van der Waals surface area contributed by atoms with Gasteiger partial charge in [0.1, 0.15) is 17.3 Å². The van der Waals surface area contributed by atoms with Crippen LogP contribution in [0.3, 0.4) is 0 Å². The second-order valence-electron chi connectivity index (χ2n) is 7.89. The molecule has 34 heavy (non-hydrogen) atoms. The topological polar surface area (TPSA) is 61.6 Å². The number of carbonyl (C=O) groups is 1. The fourth-order valence-electron chi connectivity index (χ4n) is 3.55. The Hall–Kier alpha value is -4.06. The molecule has 0 aliphatic rings. The minimum absolute atomic E-state index is 0.262. The third kappa shape index (κ3) is 6.26. The Kier molecular flexibility index (Phi) is 7.61. The fraction of sp³-hybridized carbons (Fsp3) is 0.143. The van der Waals surface area contributed by atoms with E-state index in [2.05, 4.69) is 23.2 Å². The highest BCUT2D eigenvalue weighted by molar-refractivity contribution is 6.71. The number of aryl methyl sites for hydroxylation is 1. The van der Waals surface area contributed by atoms with Crippen LogP contribution in [0.4, 0.5) is 4.79 Å². The van der Waals surface area contributed by atoms with Crippen molar-refractivity contribution in [2.75, 3.05) is 7.11 Å². The van der Waals surface area contributed by atoms with Gasteiger partial charge < -0.3 is 13.9 Å². The van der Waals surface area contributed by atoms with Gasteiger partial charge in [-0.15, -0.1) is 0 Å². The van der Waals surface area contributed by atoms with Crippen LogP contribution in [-0.4, -0.2) is 25.2 Å². The summed E-state index contributed by atoms with van der Waals surface area (Å²) in [4.78, 5) is 16.9. The molecule has 0 atom stereocenters. The number of hydrogen-bond acceptors (Lipinski definition) is 5. The molecule has 0 aliphatic carbocycles. The van der Waals surface area contributed by atoms with E-state index >= 15 is 0 Å². The number of carbonyl (C=O) groups excluding carboxylic acids is 1. The van der Waals surface area contributed by atoms with E-state index in [1.54, 1.807) is 31.4 Å². The minimum atomic E-state index is -0.262. The summed E-state index contributed by atoms with van der Waals surface area (Å²) < 4.78 is 16.4. The number of ether oxygens (including phenoxy) is 2. The van der Waals surface area contributed by atoms with E-state index in [0.29, 0.717) is 31.7 Å². The van der Waals surface area contributed by atoms with Gasteiger partial charge in [0.05, 0.1) is 12.8 Å². The summed E-state index contributed by atoms with van der Waals surface area (Å²) in [6.45, 7) is 1.94. The summed E-state index contributed by atoms with van der Waals surface area (Å²) in [6.07, 6.45) is 5.44. The molecular formula is C28H26BNO4. The highest BCUT2D eigenvalue weighted by atomic mass is 16.5. The molecule has 4 aromatic rings. The van der Waals surface area contributed by atoms with E-state index in [1.807, 2.05) is 55.5 Å². The quantitative estimate of drug-likeness (QED) is 0.290. The Balaban J connectivity index is 1.31. The zero-order valence-electron chi connectivity index (χ0n) is 19.4. The maximum Gasteiger partial charge on any atom is 0.265 e. The zero-order chi connectivity index (χ0) is 23.8. The molecule has 5 nitrogen and oxygen atoms in total. The van der Waals surface area contributed by atoms with Crippen molar-refractivity contribution in [3.63, 3.8) is 0 Å². The number of aromatic nitrogens is 1. The number of rotatable bonds is 9. The molecule has 6 heteroatoms. The average molecular weight is 451 g/mol. The van der Waals surface area contributed by atoms with Gasteiger partial charge in [-0.25, -0.2) is 4.98 Å². The van der Waals surface area contributed by atoms with E-state index in [4.69, 9.17) is 13.9 Å². The standard InChI is InChI=1S/C28H26BNO4/c1-20-26(30-27(33-20)23-11-4-3-5-12-23)13-7-9-21-8-6-10-22(18-21)19-29-28(31)34-25-16-14-24(32-2)15-17-25/h3-12,14-18,29H,13,19H2,1-2H3/b9-7+. The number of oxazole rings is 1. The lowest BCUT2D eigenvalue weighted by molar-refractivity contribution is 0.224. The van der Waals surface area contributed by atoms with Crippen LogP contribution in [0.15, 0.2) is 89.4 Å². The molecule has 0 unspecified atom stereocenters. The van der Waals surface area contributed by atoms with Gasteiger partial charge in [-0.3, -0.25) is 4.79 Å². The predicted molar refractivity (Wildman–Crippen MR) is 136 cm³/mol. The van der Waals surface area contributed by atoms with Crippen molar-refractivity contribution in [2.45, 2.75) is 19.7 Å². The van der Waals surface area contributed by atoms with E-state index in [0.717, 1.165) is 33.9 Å². The summed E-state index contributed by atoms with van der Waals surface area (Å²) >= 11 is 0. The summed E-state index contributed by atoms with van der Waals surface area (Å²) in [7, 11) is 1.90. The van der Waals surface area contributed by atoms with Crippen LogP contribution >= 0.6 is 0 Å². The largest absolute Gasteiger partial charge is 0.497 e. The molecule has 0 N–H and O–H groups in total. The molecule has 0 saturated heterocycles. The van der Waals surface area contributed by atoms with Crippen LogP contribution < -0.4 is 9.47 Å². The van der Waals surface area contributed by atoms with Gasteiger partial charge in [0.15, 0.2) is 0 Å². The van der Waals surface area contributed by atoms with E-state index in [-0.39, 0.29) is 5.87 Å². The van der Waals surface area contributed by atoms with Crippen molar-refractivity contribution < 1.29 is 18.7 Å². The second kappa shape index (κ2) is 11.2. The highest BCUT2D eigenvalue weighted by Gasteiger charge is 2.10. The molecule has 170 valence electrons. The molecule has 0 spiro atoms. The number of hydrogen-bond donors (Lipinski definition) is 0. The molecule has 0 bridgehead atoms. The molecule has 0 amide bonds. The van der Waals surface area contributed by atoms with E-state index < -0.39 is 0 Å². The summed E-state index contributed by atoms with van der Waals surface area (Å²) in [5.41, 5.74) is 4.05. The Bertz CT molecular complexity index is 1260. The number of nitrogens with zero attached hydrogens (tertiary/aromatic N) is 1. The van der Waals surface area contributed by atoms with Crippen LogP contribution in [-0.2, 0) is 12.7 Å². The van der Waals surface area contributed by atoms with Crippen LogP contribution in [0.5, 0.6) is 11.5 Å². The molecule has 1 heterocycles. The van der Waals surface area contributed by atoms with Crippen LogP contribution in [0, 0.1) is 6.92 Å². The van der Waals surface area contributed by atoms with Gasteiger partial charge in [0.2, 0.25) is 5.89 Å². The zero-order valence-corrected chi connectivity index (χ0v) is 19.4. The van der Waals surface area contributed by atoms with Crippen molar-refractivity contribution in [1.82, 2.24) is 4.98 Å². The Morgan fingerprint density at radius 1 is 1.00 bits per heavy atom. The lowest BCUT2D eigenvalue weighted by atomic mass is 9.72. The lowest BCUT2D eigenvalue weighted by Gasteiger charge is -2.05. The number of benzene rings is 3. The van der Waals surface area contributed by atoms with Gasteiger partial charge in [-0.2, -0.15) is 0 Å². The minimum Gasteiger partial charge on any atom is -0.497 e. The Morgan fingerprint density at radius 2 is 1.76 bits per heavy atom. The molecule has 0 aliphatic heterocycles. The molecular weight excluding hydrogens is 425 g/mol. The van der Waals surface area contributed by atoms with Crippen molar-refractivity contribution >= 4 is 19.2 Å². The first-order valence-corrected chi connectivity index (χ1v) is 11.2. The number of methoxy groups -OCH3 is 1. The van der Waals surface area contributed by atoms with E-state index in [1.165, 1.54) is 0 Å². The first-order chi connectivity index (χ1) is 16.6. The summed E-state index contributed by atoms with van der Waals surface area (Å²) in [5.74, 6) is 2.44. The molecule has 0 radical (unpaired) electrons. The normalized spacial score (nSPS) is 10.9. The predicted octanol–water partition coefficient (Wildman–Crippen LogP) is 6.05. The van der Waals surface area contributed by atoms with Gasteiger partial charge in [0.25, 0.3) is 13.1 Å². The van der Waals surface area contributed by atoms with Crippen LogP contribution in [0.2, 0.25) is 0 Å². The summed E-state index contributed by atoms with van der Waals surface area (Å²) in [6, 6.07) is 25.0. The monoisotopic (exact) mass is 451 g/mol. The van der Waals surface area contributed by atoms with Crippen LogP contribution in [0.1, 0.15) is 22.6 Å². The van der Waals surface area contributed by atoms with Gasteiger partial charge in [-0.05, 0) is 55.2 Å². The van der Waals surface area contributed by atoms with Crippen LogP contribution in [0.25, 0.3) is 17.5 Å². The SMILES string of the molecule is COc1ccc(OC(=O)BCc2cccc(/C=C/Cc3nc(-c4ccccc4)oc3C)c2)cc1. The molecule has 4 rings (SSSR count). The first-order valence-electron chi connectivity index (χ1n) is 11.2. The molecule has 3 aromatic carbocycles.